The second-order valence-corrected chi connectivity index (χ2v) is 9.03. The third-order valence-corrected chi connectivity index (χ3v) is 6.90. The molecule has 1 aromatic heterocycles. The van der Waals surface area contributed by atoms with Crippen LogP contribution in [0.15, 0.2) is 45.6 Å². The number of benzene rings is 2. The number of aryl methyl sites for hydroxylation is 2. The molecule has 1 saturated heterocycles. The lowest BCUT2D eigenvalue weighted by atomic mass is 9.97. The predicted molar refractivity (Wildman–Crippen MR) is 122 cm³/mol. The summed E-state index contributed by atoms with van der Waals surface area (Å²) in [6, 6.07) is 9.08. The Kier molecular flexibility index (Phi) is 5.76. The Labute approximate surface area is 191 Å². The topological polar surface area (TPSA) is 64.2 Å². The summed E-state index contributed by atoms with van der Waals surface area (Å²) < 4.78 is 25.1. The second kappa shape index (κ2) is 8.72. The molecule has 3 heterocycles. The molecule has 2 aliphatic heterocycles. The number of halogens is 1. The van der Waals surface area contributed by atoms with Gasteiger partial charge in [-0.05, 0) is 54.8 Å². The summed E-state index contributed by atoms with van der Waals surface area (Å²) in [5.74, 6) is -0.542. The van der Waals surface area contributed by atoms with Gasteiger partial charge < -0.3 is 19.0 Å². The Morgan fingerprint density at radius 2 is 1.76 bits per heavy atom. The van der Waals surface area contributed by atoms with Crippen LogP contribution < -0.4 is 10.3 Å². The molecule has 0 spiro atoms. The van der Waals surface area contributed by atoms with Gasteiger partial charge in [-0.2, -0.15) is 0 Å². The summed E-state index contributed by atoms with van der Waals surface area (Å²) in [6.07, 6.45) is 0.790. The number of hydrogen-bond acceptors (Lipinski definition) is 4. The van der Waals surface area contributed by atoms with Gasteiger partial charge in [0.05, 0.1) is 36.8 Å². The quantitative estimate of drug-likeness (QED) is 0.647. The standard InChI is InChI=1S/C26H27FN2O4/c1-16-14-20-21(15-17(16)2)33-25-22(24(20)30)23(18-4-6-19(27)7-5-18)29(26(25)31)9-3-8-28-10-12-32-13-11-28/h4-7,14-15,23H,3,8-13H2,1-2H3/p+1. The minimum absolute atomic E-state index is 0.101. The van der Waals surface area contributed by atoms with Crippen LogP contribution in [0.1, 0.15) is 45.3 Å². The number of carbonyl (C=O) groups excluding carboxylic acids is 1. The molecule has 3 aromatic rings. The summed E-state index contributed by atoms with van der Waals surface area (Å²) in [4.78, 5) is 30.2. The lowest BCUT2D eigenvalue weighted by Crippen LogP contribution is -3.14. The Hall–Kier alpha value is -3.03. The minimum Gasteiger partial charge on any atom is -0.450 e. The minimum atomic E-state index is -0.588. The summed E-state index contributed by atoms with van der Waals surface area (Å²) in [7, 11) is 0. The van der Waals surface area contributed by atoms with Gasteiger partial charge in [0, 0.05) is 13.0 Å². The van der Waals surface area contributed by atoms with E-state index in [1.807, 2.05) is 26.0 Å². The van der Waals surface area contributed by atoms with E-state index in [4.69, 9.17) is 9.15 Å². The molecular weight excluding hydrogens is 423 g/mol. The Balaban J connectivity index is 1.55. The van der Waals surface area contributed by atoms with Crippen molar-refractivity contribution in [2.24, 2.45) is 0 Å². The van der Waals surface area contributed by atoms with Crippen LogP contribution in [0.4, 0.5) is 4.39 Å². The molecule has 0 bridgehead atoms. The Morgan fingerprint density at radius 3 is 2.48 bits per heavy atom. The zero-order valence-corrected chi connectivity index (χ0v) is 18.9. The van der Waals surface area contributed by atoms with Crippen LogP contribution in [0.5, 0.6) is 0 Å². The Bertz CT molecular complexity index is 1260. The van der Waals surface area contributed by atoms with Crippen molar-refractivity contribution in [1.29, 1.82) is 0 Å². The number of morpholine rings is 1. The van der Waals surface area contributed by atoms with Crippen LogP contribution >= 0.6 is 0 Å². The molecule has 1 amide bonds. The summed E-state index contributed by atoms with van der Waals surface area (Å²) in [6.45, 7) is 8.73. The molecule has 0 aliphatic carbocycles. The maximum atomic E-state index is 13.6. The zero-order valence-electron chi connectivity index (χ0n) is 18.9. The van der Waals surface area contributed by atoms with E-state index in [1.54, 1.807) is 17.0 Å². The highest BCUT2D eigenvalue weighted by molar-refractivity contribution is 5.99. The molecule has 1 N–H and O–H groups in total. The van der Waals surface area contributed by atoms with E-state index < -0.39 is 6.04 Å². The summed E-state index contributed by atoms with van der Waals surface area (Å²) in [5, 5.41) is 0.469. The van der Waals surface area contributed by atoms with E-state index in [0.29, 0.717) is 28.6 Å². The molecule has 1 atom stereocenters. The molecule has 2 aromatic carbocycles. The maximum Gasteiger partial charge on any atom is 0.290 e. The molecule has 172 valence electrons. The number of nitrogens with one attached hydrogen (secondary N) is 1. The molecule has 0 radical (unpaired) electrons. The van der Waals surface area contributed by atoms with Crippen molar-refractivity contribution < 1.29 is 23.2 Å². The van der Waals surface area contributed by atoms with Gasteiger partial charge in [0.1, 0.15) is 24.5 Å². The average Bonchev–Trinajstić information content (AvgIpc) is 3.09. The molecule has 2 aliphatic rings. The van der Waals surface area contributed by atoms with Gasteiger partial charge in [-0.25, -0.2) is 4.39 Å². The van der Waals surface area contributed by atoms with Crippen molar-refractivity contribution in [3.63, 3.8) is 0 Å². The van der Waals surface area contributed by atoms with Gasteiger partial charge in [0.15, 0.2) is 5.43 Å². The van der Waals surface area contributed by atoms with Crippen LogP contribution in [-0.4, -0.2) is 50.2 Å². The van der Waals surface area contributed by atoms with Crippen LogP contribution in [0.3, 0.4) is 0 Å². The van der Waals surface area contributed by atoms with Crippen LogP contribution in [0.25, 0.3) is 11.0 Å². The van der Waals surface area contributed by atoms with Gasteiger partial charge >= 0.3 is 0 Å². The fourth-order valence-electron chi connectivity index (χ4n) is 4.91. The average molecular weight is 452 g/mol. The third kappa shape index (κ3) is 3.96. The molecule has 7 heteroatoms. The first-order valence-electron chi connectivity index (χ1n) is 11.5. The first-order chi connectivity index (χ1) is 15.9. The lowest BCUT2D eigenvalue weighted by Gasteiger charge is -2.27. The highest BCUT2D eigenvalue weighted by atomic mass is 19.1. The Morgan fingerprint density at radius 1 is 1.06 bits per heavy atom. The van der Waals surface area contributed by atoms with Crippen molar-refractivity contribution in [2.75, 3.05) is 39.4 Å². The molecular formula is C26H28FN2O4+. The van der Waals surface area contributed by atoms with Crippen molar-refractivity contribution in [1.82, 2.24) is 4.90 Å². The lowest BCUT2D eigenvalue weighted by molar-refractivity contribution is -0.908. The normalized spacial score (nSPS) is 18.8. The largest absolute Gasteiger partial charge is 0.450 e. The number of hydrogen-bond donors (Lipinski definition) is 1. The number of quaternary nitrogens is 1. The fourth-order valence-corrected chi connectivity index (χ4v) is 4.91. The molecule has 1 unspecified atom stereocenters. The van der Waals surface area contributed by atoms with Gasteiger partial charge in [0.2, 0.25) is 5.76 Å². The van der Waals surface area contributed by atoms with Gasteiger partial charge in [0.25, 0.3) is 5.91 Å². The number of fused-ring (bicyclic) bond motifs is 2. The first kappa shape index (κ1) is 21.8. The van der Waals surface area contributed by atoms with E-state index in [9.17, 15) is 14.0 Å². The molecule has 0 saturated carbocycles. The third-order valence-electron chi connectivity index (χ3n) is 6.90. The zero-order chi connectivity index (χ0) is 23.1. The van der Waals surface area contributed by atoms with E-state index in [1.165, 1.54) is 17.0 Å². The smallest absolute Gasteiger partial charge is 0.290 e. The van der Waals surface area contributed by atoms with Crippen LogP contribution in [0, 0.1) is 19.7 Å². The molecule has 5 rings (SSSR count). The molecule has 1 fully saturated rings. The van der Waals surface area contributed by atoms with Crippen molar-refractivity contribution in [3.8, 4) is 0 Å². The van der Waals surface area contributed by atoms with Crippen molar-refractivity contribution in [2.45, 2.75) is 26.3 Å². The van der Waals surface area contributed by atoms with E-state index in [-0.39, 0.29) is 22.9 Å². The second-order valence-electron chi connectivity index (χ2n) is 9.03. The van der Waals surface area contributed by atoms with Crippen molar-refractivity contribution in [3.05, 3.63) is 80.5 Å². The number of ether oxygens (including phenoxy) is 1. The van der Waals surface area contributed by atoms with Gasteiger partial charge in [-0.15, -0.1) is 0 Å². The molecule has 6 nitrogen and oxygen atoms in total. The fraction of sp³-hybridized carbons (Fsp3) is 0.385. The number of nitrogens with zero attached hydrogens (tertiary/aromatic N) is 1. The number of rotatable bonds is 5. The van der Waals surface area contributed by atoms with Gasteiger partial charge in [-0.3, -0.25) is 9.59 Å². The molecule has 33 heavy (non-hydrogen) atoms. The maximum absolute atomic E-state index is 13.6. The van der Waals surface area contributed by atoms with Crippen molar-refractivity contribution >= 4 is 16.9 Å². The number of carbonyl (C=O) groups is 1. The van der Waals surface area contributed by atoms with E-state index in [2.05, 4.69) is 0 Å². The predicted octanol–water partition coefficient (Wildman–Crippen LogP) is 2.40. The summed E-state index contributed by atoms with van der Waals surface area (Å²) in [5.41, 5.74) is 3.27. The highest BCUT2D eigenvalue weighted by Crippen LogP contribution is 2.38. The van der Waals surface area contributed by atoms with Crippen LogP contribution in [0.2, 0.25) is 0 Å². The monoisotopic (exact) mass is 451 g/mol. The highest BCUT2D eigenvalue weighted by Gasteiger charge is 2.42. The van der Waals surface area contributed by atoms with E-state index >= 15 is 0 Å². The van der Waals surface area contributed by atoms with Gasteiger partial charge in [-0.1, -0.05) is 12.1 Å². The van der Waals surface area contributed by atoms with Crippen LogP contribution in [-0.2, 0) is 4.74 Å². The number of amides is 1. The van der Waals surface area contributed by atoms with E-state index in [0.717, 1.165) is 50.4 Å². The SMILES string of the molecule is Cc1cc2oc3c(c(=O)c2cc1C)C(c1ccc(F)cc1)N(CCC[NH+]1CCOCC1)C3=O. The first-order valence-corrected chi connectivity index (χ1v) is 11.5. The summed E-state index contributed by atoms with van der Waals surface area (Å²) >= 11 is 0.